The fraction of sp³-hybridized carbons (Fsp3) is 0.167. The van der Waals surface area contributed by atoms with Crippen molar-refractivity contribution < 1.29 is 22.8 Å². The van der Waals surface area contributed by atoms with Crippen molar-refractivity contribution in [1.29, 1.82) is 0 Å². The molecule has 0 saturated carbocycles. The molecular formula is C18H18N2O5S. The molecule has 2 amide bonds. The second kappa shape index (κ2) is 7.92. The summed E-state index contributed by atoms with van der Waals surface area (Å²) < 4.78 is 25.2. The number of ketones is 1. The van der Waals surface area contributed by atoms with Gasteiger partial charge >= 0.3 is 0 Å². The average molecular weight is 374 g/mol. The molecule has 26 heavy (non-hydrogen) atoms. The van der Waals surface area contributed by atoms with Crippen LogP contribution in [0.25, 0.3) is 0 Å². The van der Waals surface area contributed by atoms with Gasteiger partial charge in [0.15, 0.2) is 0 Å². The van der Waals surface area contributed by atoms with Gasteiger partial charge in [-0.05, 0) is 55.5 Å². The van der Waals surface area contributed by atoms with Gasteiger partial charge in [0.2, 0.25) is 21.7 Å². The fourth-order valence-electron chi connectivity index (χ4n) is 2.16. The third-order valence-corrected chi connectivity index (χ3v) is 5.39. The van der Waals surface area contributed by atoms with Gasteiger partial charge in [-0.1, -0.05) is 0 Å². The number of hydrogen-bond donors (Lipinski definition) is 2. The summed E-state index contributed by atoms with van der Waals surface area (Å²) in [6.07, 6.45) is 0.223. The van der Waals surface area contributed by atoms with Crippen molar-refractivity contribution in [2.24, 2.45) is 5.73 Å². The maximum absolute atomic E-state index is 12.6. The van der Waals surface area contributed by atoms with Crippen LogP contribution in [0.2, 0.25) is 0 Å². The van der Waals surface area contributed by atoms with E-state index in [0.29, 0.717) is 5.69 Å². The van der Waals surface area contributed by atoms with Crippen LogP contribution in [-0.4, -0.2) is 26.0 Å². The topological polar surface area (TPSA) is 123 Å². The Morgan fingerprint density at radius 2 is 1.38 bits per heavy atom. The summed E-state index contributed by atoms with van der Waals surface area (Å²) in [6.45, 7) is 1.41. The van der Waals surface area contributed by atoms with Crippen LogP contribution in [0, 0.1) is 0 Å². The van der Waals surface area contributed by atoms with E-state index in [0.717, 1.165) is 0 Å². The summed E-state index contributed by atoms with van der Waals surface area (Å²) in [5, 5.41) is 2.60. The Morgan fingerprint density at radius 1 is 0.885 bits per heavy atom. The number of anilines is 1. The first-order valence-corrected chi connectivity index (χ1v) is 9.23. The Balaban J connectivity index is 2.14. The number of primary amides is 1. The highest BCUT2D eigenvalue weighted by atomic mass is 32.2. The Labute approximate surface area is 151 Å². The SMILES string of the molecule is CC(=O)CCC(=O)Nc1ccc(S(=O)(=O)c2ccc(C(N)=O)cc2)cc1. The van der Waals surface area contributed by atoms with E-state index in [1.807, 2.05) is 0 Å². The smallest absolute Gasteiger partial charge is 0.248 e. The van der Waals surface area contributed by atoms with Gasteiger partial charge in [-0.15, -0.1) is 0 Å². The Bertz CT molecular complexity index is 933. The largest absolute Gasteiger partial charge is 0.366 e. The number of Topliss-reactive ketones (excluding diaryl/α,β-unsaturated/α-hetero) is 1. The normalized spacial score (nSPS) is 11.0. The van der Waals surface area contributed by atoms with Crippen molar-refractivity contribution in [1.82, 2.24) is 0 Å². The molecule has 0 fully saturated rings. The number of sulfone groups is 1. The number of carbonyl (C=O) groups is 3. The zero-order valence-electron chi connectivity index (χ0n) is 14.1. The van der Waals surface area contributed by atoms with Crippen LogP contribution in [0.4, 0.5) is 5.69 Å². The molecule has 0 radical (unpaired) electrons. The van der Waals surface area contributed by atoms with E-state index in [4.69, 9.17) is 5.73 Å². The molecule has 0 saturated heterocycles. The van der Waals surface area contributed by atoms with Crippen molar-refractivity contribution in [3.63, 3.8) is 0 Å². The van der Waals surface area contributed by atoms with Crippen molar-refractivity contribution >= 4 is 33.1 Å². The Morgan fingerprint density at radius 3 is 1.85 bits per heavy atom. The lowest BCUT2D eigenvalue weighted by Crippen LogP contribution is -2.13. The average Bonchev–Trinajstić information content (AvgIpc) is 2.60. The molecule has 3 N–H and O–H groups in total. The molecule has 0 unspecified atom stereocenters. The van der Waals surface area contributed by atoms with E-state index in [-0.39, 0.29) is 39.9 Å². The van der Waals surface area contributed by atoms with Gasteiger partial charge in [0, 0.05) is 24.1 Å². The van der Waals surface area contributed by atoms with Crippen LogP contribution in [-0.2, 0) is 19.4 Å². The first kappa shape index (κ1) is 19.3. The number of benzene rings is 2. The third kappa shape index (κ3) is 4.76. The second-order valence-corrected chi connectivity index (χ2v) is 7.62. The monoisotopic (exact) mass is 374 g/mol. The molecule has 7 nitrogen and oxygen atoms in total. The highest BCUT2D eigenvalue weighted by molar-refractivity contribution is 7.91. The predicted octanol–water partition coefficient (Wildman–Crippen LogP) is 1.93. The summed E-state index contributed by atoms with van der Waals surface area (Å²) >= 11 is 0. The first-order valence-electron chi connectivity index (χ1n) is 7.74. The minimum Gasteiger partial charge on any atom is -0.366 e. The van der Waals surface area contributed by atoms with Crippen LogP contribution in [0.15, 0.2) is 58.3 Å². The van der Waals surface area contributed by atoms with E-state index in [1.165, 1.54) is 55.5 Å². The van der Waals surface area contributed by atoms with Crippen molar-refractivity contribution in [3.8, 4) is 0 Å². The molecule has 136 valence electrons. The zero-order valence-corrected chi connectivity index (χ0v) is 14.9. The zero-order chi connectivity index (χ0) is 19.3. The molecule has 0 atom stereocenters. The minimum absolute atomic E-state index is 0.0285. The predicted molar refractivity (Wildman–Crippen MR) is 95.4 cm³/mol. The van der Waals surface area contributed by atoms with Crippen molar-refractivity contribution in [3.05, 3.63) is 54.1 Å². The number of nitrogens with two attached hydrogens (primary N) is 1. The third-order valence-electron chi connectivity index (χ3n) is 3.60. The molecule has 0 spiro atoms. The molecule has 0 heterocycles. The van der Waals surface area contributed by atoms with Gasteiger partial charge < -0.3 is 15.8 Å². The summed E-state index contributed by atoms with van der Waals surface area (Å²) in [5.74, 6) is -1.04. The lowest BCUT2D eigenvalue weighted by Gasteiger charge is -2.08. The van der Waals surface area contributed by atoms with Gasteiger partial charge in [-0.3, -0.25) is 9.59 Å². The molecule has 0 aliphatic heterocycles. The number of carbonyl (C=O) groups excluding carboxylic acids is 3. The number of rotatable bonds is 7. The van der Waals surface area contributed by atoms with Crippen LogP contribution in [0.5, 0.6) is 0 Å². The van der Waals surface area contributed by atoms with E-state index in [2.05, 4.69) is 5.32 Å². The van der Waals surface area contributed by atoms with E-state index in [9.17, 15) is 22.8 Å². The molecule has 0 aliphatic carbocycles. The molecule has 0 bridgehead atoms. The molecular weight excluding hydrogens is 356 g/mol. The highest BCUT2D eigenvalue weighted by Crippen LogP contribution is 2.22. The fourth-order valence-corrected chi connectivity index (χ4v) is 3.43. The van der Waals surface area contributed by atoms with Gasteiger partial charge in [0.25, 0.3) is 0 Å². The van der Waals surface area contributed by atoms with Gasteiger partial charge in [0.1, 0.15) is 5.78 Å². The lowest BCUT2D eigenvalue weighted by molar-refractivity contribution is -0.121. The first-order chi connectivity index (χ1) is 12.2. The van der Waals surface area contributed by atoms with Crippen LogP contribution in [0.1, 0.15) is 30.1 Å². The summed E-state index contributed by atoms with van der Waals surface area (Å²) in [4.78, 5) is 33.7. The maximum Gasteiger partial charge on any atom is 0.248 e. The molecule has 2 aromatic carbocycles. The Kier molecular flexibility index (Phi) is 5.89. The lowest BCUT2D eigenvalue weighted by atomic mass is 10.2. The van der Waals surface area contributed by atoms with E-state index < -0.39 is 15.7 Å². The molecule has 2 rings (SSSR count). The molecule has 0 aromatic heterocycles. The second-order valence-electron chi connectivity index (χ2n) is 5.67. The van der Waals surface area contributed by atoms with Crippen LogP contribution in [0.3, 0.4) is 0 Å². The van der Waals surface area contributed by atoms with Crippen LogP contribution < -0.4 is 11.1 Å². The Hall–Kier alpha value is -3.00. The van der Waals surface area contributed by atoms with Gasteiger partial charge in [-0.2, -0.15) is 0 Å². The van der Waals surface area contributed by atoms with Gasteiger partial charge in [-0.25, -0.2) is 8.42 Å². The van der Waals surface area contributed by atoms with Crippen LogP contribution >= 0.6 is 0 Å². The van der Waals surface area contributed by atoms with E-state index >= 15 is 0 Å². The number of nitrogens with one attached hydrogen (secondary N) is 1. The number of hydrogen-bond acceptors (Lipinski definition) is 5. The standard InChI is InChI=1S/C18H18N2O5S/c1-12(21)2-11-17(22)20-14-5-9-16(10-6-14)26(24,25)15-7-3-13(4-8-15)18(19)23/h3-10H,2,11H2,1H3,(H2,19,23)(H,20,22). The maximum atomic E-state index is 12.6. The van der Waals surface area contributed by atoms with Crippen molar-refractivity contribution in [2.75, 3.05) is 5.32 Å². The minimum atomic E-state index is -3.76. The van der Waals surface area contributed by atoms with E-state index in [1.54, 1.807) is 0 Å². The number of amides is 2. The molecule has 0 aliphatic rings. The van der Waals surface area contributed by atoms with Gasteiger partial charge in [0.05, 0.1) is 9.79 Å². The molecule has 2 aromatic rings. The summed E-state index contributed by atoms with van der Waals surface area (Å²) in [7, 11) is -3.76. The summed E-state index contributed by atoms with van der Waals surface area (Å²) in [6, 6.07) is 11.0. The highest BCUT2D eigenvalue weighted by Gasteiger charge is 2.18. The summed E-state index contributed by atoms with van der Waals surface area (Å²) in [5.41, 5.74) is 5.78. The quantitative estimate of drug-likeness (QED) is 0.766. The van der Waals surface area contributed by atoms with Crippen molar-refractivity contribution in [2.45, 2.75) is 29.6 Å². The molecule has 8 heteroatoms.